The van der Waals surface area contributed by atoms with E-state index in [9.17, 15) is 0 Å². The quantitative estimate of drug-likeness (QED) is 0.909. The summed E-state index contributed by atoms with van der Waals surface area (Å²) in [5, 5.41) is 6.66. The van der Waals surface area contributed by atoms with Crippen molar-refractivity contribution in [2.24, 2.45) is 0 Å². The van der Waals surface area contributed by atoms with E-state index in [-0.39, 0.29) is 0 Å². The van der Waals surface area contributed by atoms with E-state index in [1.807, 2.05) is 17.8 Å². The summed E-state index contributed by atoms with van der Waals surface area (Å²) < 4.78 is 2.32. The van der Waals surface area contributed by atoms with Crippen LogP contribution >= 0.6 is 11.3 Å². The summed E-state index contributed by atoms with van der Waals surface area (Å²) in [6, 6.07) is 0.638. The molecule has 102 valence electrons. The molecule has 2 aromatic rings. The molecule has 4 nitrogen and oxygen atoms in total. The van der Waals surface area contributed by atoms with Crippen molar-refractivity contribution in [2.75, 3.05) is 11.9 Å². The number of nitrogens with one attached hydrogen (secondary N) is 1. The topological polar surface area (TPSA) is 42.7 Å². The van der Waals surface area contributed by atoms with Gasteiger partial charge in [0.15, 0.2) is 0 Å². The first kappa shape index (κ1) is 12.7. The maximum Gasteiger partial charge on any atom is 0.203 e. The summed E-state index contributed by atoms with van der Waals surface area (Å²) in [6.07, 6.45) is 13.5. The average Bonchev–Trinajstić information content (AvgIpc) is 3.11. The zero-order valence-corrected chi connectivity index (χ0v) is 11.9. The summed E-state index contributed by atoms with van der Waals surface area (Å²) in [4.78, 5) is 8.74. The van der Waals surface area contributed by atoms with Crippen molar-refractivity contribution in [3.05, 3.63) is 29.0 Å². The molecule has 0 amide bonds. The van der Waals surface area contributed by atoms with Crippen LogP contribution in [0, 0.1) is 0 Å². The third kappa shape index (κ3) is 3.15. The Morgan fingerprint density at radius 1 is 1.21 bits per heavy atom. The summed E-state index contributed by atoms with van der Waals surface area (Å²) in [6.45, 7) is 0.900. The molecule has 0 aromatic carbocycles. The molecule has 0 saturated heterocycles. The molecule has 2 aromatic heterocycles. The Bertz CT molecular complexity index is 485. The highest BCUT2D eigenvalue weighted by molar-refractivity contribution is 7.09. The highest BCUT2D eigenvalue weighted by Crippen LogP contribution is 2.30. The van der Waals surface area contributed by atoms with Crippen molar-refractivity contribution >= 4 is 17.3 Å². The lowest BCUT2D eigenvalue weighted by Crippen LogP contribution is -2.16. The molecule has 3 rings (SSSR count). The first-order valence-corrected chi connectivity index (χ1v) is 7.96. The van der Waals surface area contributed by atoms with E-state index in [1.54, 1.807) is 11.3 Å². The maximum atomic E-state index is 4.45. The van der Waals surface area contributed by atoms with Crippen molar-refractivity contribution in [1.29, 1.82) is 0 Å². The predicted molar refractivity (Wildman–Crippen MR) is 78.7 cm³/mol. The minimum absolute atomic E-state index is 0.638. The van der Waals surface area contributed by atoms with Gasteiger partial charge in [-0.15, -0.1) is 11.3 Å². The van der Waals surface area contributed by atoms with Gasteiger partial charge in [-0.25, -0.2) is 9.97 Å². The van der Waals surface area contributed by atoms with E-state index in [2.05, 4.69) is 26.0 Å². The lowest BCUT2D eigenvalue weighted by molar-refractivity contribution is 0.356. The van der Waals surface area contributed by atoms with E-state index in [0.29, 0.717) is 6.04 Å². The van der Waals surface area contributed by atoms with Gasteiger partial charge in [-0.3, -0.25) is 0 Å². The molecule has 19 heavy (non-hydrogen) atoms. The maximum absolute atomic E-state index is 4.45. The molecular formula is C14H20N4S. The van der Waals surface area contributed by atoms with Crippen LogP contribution in [0.2, 0.25) is 0 Å². The molecule has 0 radical (unpaired) electrons. The summed E-state index contributed by atoms with van der Waals surface area (Å²) in [7, 11) is 0. The highest BCUT2D eigenvalue weighted by Gasteiger charge is 2.17. The molecule has 0 unspecified atom stereocenters. The molecule has 0 atom stereocenters. The van der Waals surface area contributed by atoms with Gasteiger partial charge in [0.25, 0.3) is 0 Å². The van der Waals surface area contributed by atoms with Crippen LogP contribution in [0.25, 0.3) is 0 Å². The Morgan fingerprint density at radius 2 is 2.11 bits per heavy atom. The van der Waals surface area contributed by atoms with E-state index in [4.69, 9.17) is 0 Å². The number of imidazole rings is 1. The molecular weight excluding hydrogens is 256 g/mol. The van der Waals surface area contributed by atoms with Gasteiger partial charge in [-0.05, 0) is 12.8 Å². The first-order valence-electron chi connectivity index (χ1n) is 7.08. The summed E-state index contributed by atoms with van der Waals surface area (Å²) in [5.41, 5.74) is 0. The van der Waals surface area contributed by atoms with Crippen molar-refractivity contribution in [3.8, 4) is 0 Å². The van der Waals surface area contributed by atoms with Gasteiger partial charge in [0.05, 0.1) is 5.01 Å². The number of anilines is 1. The third-order valence-corrected chi connectivity index (χ3v) is 4.58. The minimum atomic E-state index is 0.638. The number of nitrogens with zero attached hydrogens (tertiary/aromatic N) is 3. The zero-order chi connectivity index (χ0) is 12.9. The molecule has 1 aliphatic carbocycles. The molecule has 0 bridgehead atoms. The van der Waals surface area contributed by atoms with Crippen LogP contribution in [0.1, 0.15) is 43.2 Å². The second-order valence-corrected chi connectivity index (χ2v) is 6.03. The molecule has 1 aliphatic rings. The standard InChI is InChI=1S/C14H20N4S/c1-2-4-12(5-3-1)18-10-8-17-14(18)16-7-6-13-15-9-11-19-13/h8-12H,1-7H2,(H,16,17). The third-order valence-electron chi connectivity index (χ3n) is 3.74. The Hall–Kier alpha value is -1.36. The molecule has 0 aliphatic heterocycles. The van der Waals surface area contributed by atoms with E-state index in [0.717, 1.165) is 18.9 Å². The molecule has 1 fully saturated rings. The molecule has 0 spiro atoms. The fraction of sp³-hybridized carbons (Fsp3) is 0.571. The van der Waals surface area contributed by atoms with Crippen LogP contribution < -0.4 is 5.32 Å². The molecule has 1 N–H and O–H groups in total. The van der Waals surface area contributed by atoms with Crippen LogP contribution in [0.3, 0.4) is 0 Å². The second-order valence-electron chi connectivity index (χ2n) is 5.05. The van der Waals surface area contributed by atoms with E-state index >= 15 is 0 Å². The first-order chi connectivity index (χ1) is 9.43. The monoisotopic (exact) mass is 276 g/mol. The summed E-state index contributed by atoms with van der Waals surface area (Å²) >= 11 is 1.71. The number of hydrogen-bond donors (Lipinski definition) is 1. The normalized spacial score (nSPS) is 16.6. The van der Waals surface area contributed by atoms with Gasteiger partial charge in [-0.2, -0.15) is 0 Å². The van der Waals surface area contributed by atoms with Crippen LogP contribution in [0.15, 0.2) is 24.0 Å². The fourth-order valence-electron chi connectivity index (χ4n) is 2.76. The van der Waals surface area contributed by atoms with Crippen LogP contribution in [-0.2, 0) is 6.42 Å². The van der Waals surface area contributed by atoms with E-state index < -0.39 is 0 Å². The Morgan fingerprint density at radius 3 is 2.89 bits per heavy atom. The highest BCUT2D eigenvalue weighted by atomic mass is 32.1. The number of aromatic nitrogens is 3. The van der Waals surface area contributed by atoms with Gasteiger partial charge in [0.1, 0.15) is 0 Å². The molecule has 2 heterocycles. The van der Waals surface area contributed by atoms with Crippen molar-refractivity contribution < 1.29 is 0 Å². The van der Waals surface area contributed by atoms with Crippen molar-refractivity contribution in [1.82, 2.24) is 14.5 Å². The van der Waals surface area contributed by atoms with Gasteiger partial charge in [0.2, 0.25) is 5.95 Å². The zero-order valence-electron chi connectivity index (χ0n) is 11.1. The number of rotatable bonds is 5. The van der Waals surface area contributed by atoms with Gasteiger partial charge in [0, 0.05) is 43.0 Å². The Kier molecular flexibility index (Phi) is 4.13. The van der Waals surface area contributed by atoms with Crippen LogP contribution in [0.5, 0.6) is 0 Å². The predicted octanol–water partition coefficient (Wildman–Crippen LogP) is 3.50. The largest absolute Gasteiger partial charge is 0.355 e. The van der Waals surface area contributed by atoms with Gasteiger partial charge < -0.3 is 9.88 Å². The Balaban J connectivity index is 1.57. The molecule has 1 saturated carbocycles. The van der Waals surface area contributed by atoms with Gasteiger partial charge in [-0.1, -0.05) is 19.3 Å². The van der Waals surface area contributed by atoms with Gasteiger partial charge >= 0.3 is 0 Å². The number of thiazole rings is 1. The van der Waals surface area contributed by atoms with E-state index in [1.165, 1.54) is 37.1 Å². The fourth-order valence-corrected chi connectivity index (χ4v) is 3.38. The minimum Gasteiger partial charge on any atom is -0.355 e. The van der Waals surface area contributed by atoms with Crippen molar-refractivity contribution in [2.45, 2.75) is 44.6 Å². The van der Waals surface area contributed by atoms with Crippen LogP contribution in [-0.4, -0.2) is 21.1 Å². The lowest BCUT2D eigenvalue weighted by atomic mass is 9.95. The van der Waals surface area contributed by atoms with Crippen LogP contribution in [0.4, 0.5) is 5.95 Å². The second kappa shape index (κ2) is 6.19. The Labute approximate surface area is 117 Å². The average molecular weight is 276 g/mol. The summed E-state index contributed by atoms with van der Waals surface area (Å²) in [5.74, 6) is 1.02. The van der Waals surface area contributed by atoms with Crippen molar-refractivity contribution in [3.63, 3.8) is 0 Å². The SMILES string of the molecule is c1csc(CCNc2nccn2C2CCCCC2)n1. The smallest absolute Gasteiger partial charge is 0.203 e. The lowest BCUT2D eigenvalue weighted by Gasteiger charge is -2.24. The number of hydrogen-bond acceptors (Lipinski definition) is 4. The molecule has 5 heteroatoms.